The molecule has 2 atom stereocenters. The second kappa shape index (κ2) is 15.0. The number of carbonyl (C=O) groups is 3. The van der Waals surface area contributed by atoms with Crippen LogP contribution in [-0.4, -0.2) is 39.9 Å². The number of hydrogen-bond donors (Lipinski definition) is 4. The first kappa shape index (κ1) is 34.2. The van der Waals surface area contributed by atoms with Crippen LogP contribution in [0, 0.1) is 41.4 Å². The Balaban J connectivity index is 1.63. The molecule has 0 aliphatic carbocycles. The molecule has 244 valence electrons. The van der Waals surface area contributed by atoms with E-state index < -0.39 is 65.1 Å². The lowest BCUT2D eigenvalue weighted by Crippen LogP contribution is -2.51. The van der Waals surface area contributed by atoms with Crippen molar-refractivity contribution in [2.75, 3.05) is 5.32 Å². The average molecular weight is 649 g/mol. The van der Waals surface area contributed by atoms with Gasteiger partial charge in [-0.1, -0.05) is 36.4 Å². The average Bonchev–Trinajstić information content (AvgIpc) is 3.01. The second-order valence-electron chi connectivity index (χ2n) is 11.0. The van der Waals surface area contributed by atoms with Crippen molar-refractivity contribution < 1.29 is 37.6 Å². The minimum absolute atomic E-state index is 0.0426. The van der Waals surface area contributed by atoms with E-state index in [4.69, 9.17) is 0 Å². The number of non-ortho nitro benzene ring substituents is 1. The third-order valence-electron chi connectivity index (χ3n) is 7.55. The minimum Gasteiger partial charge on any atom is -0.481 e. The van der Waals surface area contributed by atoms with Gasteiger partial charge in [0, 0.05) is 30.3 Å². The first-order chi connectivity index (χ1) is 22.3. The summed E-state index contributed by atoms with van der Waals surface area (Å²) in [4.78, 5) is 49.4. The lowest BCUT2D eigenvalue weighted by Gasteiger charge is -2.24. The topological polar surface area (TPSA) is 151 Å². The van der Waals surface area contributed by atoms with Gasteiger partial charge in [0.2, 0.25) is 5.91 Å². The van der Waals surface area contributed by atoms with Crippen molar-refractivity contribution in [3.63, 3.8) is 0 Å². The summed E-state index contributed by atoms with van der Waals surface area (Å²) in [6.07, 6.45) is -1.07. The van der Waals surface area contributed by atoms with Crippen molar-refractivity contribution in [1.29, 1.82) is 0 Å². The van der Waals surface area contributed by atoms with Crippen LogP contribution in [0.15, 0.2) is 78.9 Å². The molecule has 13 heteroatoms. The number of nitrogens with zero attached hydrogens (tertiary/aromatic N) is 1. The van der Waals surface area contributed by atoms with E-state index in [1.54, 1.807) is 18.2 Å². The molecule has 0 radical (unpaired) electrons. The van der Waals surface area contributed by atoms with Crippen LogP contribution in [0.3, 0.4) is 0 Å². The molecule has 0 saturated heterocycles. The Bertz CT molecular complexity index is 1790. The zero-order valence-electron chi connectivity index (χ0n) is 25.4. The van der Waals surface area contributed by atoms with Crippen LogP contribution in [0.1, 0.15) is 39.0 Å². The Morgan fingerprint density at radius 2 is 1.47 bits per heavy atom. The number of amides is 2. The van der Waals surface area contributed by atoms with Crippen molar-refractivity contribution in [2.24, 2.45) is 0 Å². The van der Waals surface area contributed by atoms with Gasteiger partial charge in [-0.05, 0) is 72.9 Å². The van der Waals surface area contributed by atoms with Crippen molar-refractivity contribution in [2.45, 2.75) is 45.2 Å². The van der Waals surface area contributed by atoms with E-state index in [0.717, 1.165) is 16.8 Å². The van der Waals surface area contributed by atoms with Crippen molar-refractivity contribution in [3.8, 4) is 0 Å². The maximum atomic E-state index is 14.1. The third kappa shape index (κ3) is 8.93. The molecule has 10 nitrogen and oxygen atoms in total. The maximum Gasteiger partial charge on any atom is 0.305 e. The van der Waals surface area contributed by atoms with E-state index in [1.165, 1.54) is 30.3 Å². The summed E-state index contributed by atoms with van der Waals surface area (Å²) in [5, 5.41) is 28.9. The number of rotatable bonds is 13. The van der Waals surface area contributed by atoms with Crippen LogP contribution in [-0.2, 0) is 22.4 Å². The fourth-order valence-corrected chi connectivity index (χ4v) is 4.95. The number of anilines is 2. The highest BCUT2D eigenvalue weighted by Gasteiger charge is 2.27. The number of aliphatic carboxylic acids is 1. The predicted molar refractivity (Wildman–Crippen MR) is 168 cm³/mol. The molecule has 4 aromatic rings. The van der Waals surface area contributed by atoms with Gasteiger partial charge < -0.3 is 21.1 Å². The monoisotopic (exact) mass is 648 g/mol. The van der Waals surface area contributed by atoms with Crippen LogP contribution in [0.2, 0.25) is 0 Å². The zero-order valence-corrected chi connectivity index (χ0v) is 25.4. The number of carboxylic acid groups (broad SMARTS) is 1. The van der Waals surface area contributed by atoms with Crippen LogP contribution < -0.4 is 16.0 Å². The summed E-state index contributed by atoms with van der Waals surface area (Å²) in [6, 6.07) is 16.3. The fourth-order valence-electron chi connectivity index (χ4n) is 4.95. The number of para-hydroxylation sites is 1. The molecule has 0 unspecified atom stereocenters. The molecule has 0 heterocycles. The highest BCUT2D eigenvalue weighted by Crippen LogP contribution is 2.26. The van der Waals surface area contributed by atoms with Gasteiger partial charge in [0.05, 0.1) is 22.6 Å². The molecular weight excluding hydrogens is 617 g/mol. The maximum absolute atomic E-state index is 14.1. The van der Waals surface area contributed by atoms with Crippen LogP contribution >= 0.6 is 0 Å². The van der Waals surface area contributed by atoms with E-state index in [1.807, 2.05) is 32.0 Å². The van der Waals surface area contributed by atoms with Crippen molar-refractivity contribution in [3.05, 3.63) is 134 Å². The molecule has 2 amide bonds. The fraction of sp³-hybridized carbons (Fsp3) is 0.206. The first-order valence-corrected chi connectivity index (χ1v) is 14.4. The number of aryl methyl sites for hydroxylation is 1. The largest absolute Gasteiger partial charge is 0.481 e. The summed E-state index contributed by atoms with van der Waals surface area (Å²) in [6.45, 7) is 3.84. The van der Waals surface area contributed by atoms with Crippen molar-refractivity contribution in [1.82, 2.24) is 10.6 Å². The predicted octanol–water partition coefficient (Wildman–Crippen LogP) is 5.92. The smallest absolute Gasteiger partial charge is 0.305 e. The summed E-state index contributed by atoms with van der Waals surface area (Å²) < 4.78 is 41.9. The number of nitro benzene ring substituents is 1. The Morgan fingerprint density at radius 1 is 0.830 bits per heavy atom. The first-order valence-electron chi connectivity index (χ1n) is 14.4. The van der Waals surface area contributed by atoms with E-state index in [2.05, 4.69) is 16.0 Å². The Morgan fingerprint density at radius 3 is 2.11 bits per heavy atom. The molecule has 4 N–H and O–H groups in total. The quantitative estimate of drug-likeness (QED) is 0.0799. The minimum atomic E-state index is -1.70. The van der Waals surface area contributed by atoms with Gasteiger partial charge in [0.25, 0.3) is 11.6 Å². The summed E-state index contributed by atoms with van der Waals surface area (Å²) in [5.41, 5.74) is 3.39. The molecule has 0 aliphatic rings. The van der Waals surface area contributed by atoms with Crippen LogP contribution in [0.4, 0.5) is 30.2 Å². The number of nitro groups is 1. The SMILES string of the molecule is Cc1cccc(Nc2ccccc2C(=O)N[C@H](Cc2cc(F)c(F)c(F)c2)C(=O)N[C@H](CC(=O)O)Cc2ccc([N+](=O)[O-])cc2)c1C. The van der Waals surface area contributed by atoms with Gasteiger partial charge in [-0.15, -0.1) is 0 Å². The Kier molecular flexibility index (Phi) is 10.9. The number of halogens is 3. The van der Waals surface area contributed by atoms with E-state index in [0.29, 0.717) is 23.4 Å². The summed E-state index contributed by atoms with van der Waals surface area (Å²) >= 11 is 0. The lowest BCUT2D eigenvalue weighted by atomic mass is 10.0. The normalized spacial score (nSPS) is 12.1. The Labute approximate surface area is 267 Å². The molecule has 0 bridgehead atoms. The number of carbonyl (C=O) groups excluding carboxylic acids is 2. The van der Waals surface area contributed by atoms with Gasteiger partial charge in [-0.3, -0.25) is 24.5 Å². The third-order valence-corrected chi connectivity index (χ3v) is 7.55. The van der Waals surface area contributed by atoms with Crippen molar-refractivity contribution >= 4 is 34.8 Å². The van der Waals surface area contributed by atoms with E-state index in [9.17, 15) is 42.8 Å². The van der Waals surface area contributed by atoms with Crippen LogP contribution in [0.25, 0.3) is 0 Å². The molecule has 0 aromatic heterocycles. The van der Waals surface area contributed by atoms with Gasteiger partial charge in [-0.2, -0.15) is 0 Å². The van der Waals surface area contributed by atoms with Gasteiger partial charge in [0.1, 0.15) is 6.04 Å². The lowest BCUT2D eigenvalue weighted by molar-refractivity contribution is -0.384. The molecule has 0 spiro atoms. The van der Waals surface area contributed by atoms with Gasteiger partial charge in [0.15, 0.2) is 17.5 Å². The molecule has 4 rings (SSSR count). The zero-order chi connectivity index (χ0) is 34.2. The standard InChI is InChI=1S/C34H31F3N4O6/c1-19-6-5-9-28(20(19)2)39-29-8-4-3-7-25(29)33(44)40-30(17-22-15-26(35)32(37)27(36)16-22)34(45)38-23(18-31(42)43)14-21-10-12-24(13-11-21)41(46)47/h3-13,15-16,23,30,39H,14,17-18H2,1-2H3,(H,38,45)(H,40,44)(H,42,43)/t23-,30+/m0/s1. The Hall–Kier alpha value is -5.72. The number of hydrogen-bond acceptors (Lipinski definition) is 6. The number of carboxylic acids is 1. The highest BCUT2D eigenvalue weighted by molar-refractivity contribution is 6.02. The molecular formula is C34H31F3N4O6. The van der Waals surface area contributed by atoms with E-state index in [-0.39, 0.29) is 23.2 Å². The molecule has 47 heavy (non-hydrogen) atoms. The molecule has 4 aromatic carbocycles. The number of benzene rings is 4. The van der Waals surface area contributed by atoms with E-state index >= 15 is 0 Å². The van der Waals surface area contributed by atoms with Gasteiger partial charge in [-0.25, -0.2) is 13.2 Å². The molecule has 0 saturated carbocycles. The summed E-state index contributed by atoms with van der Waals surface area (Å²) in [5.74, 6) is -7.55. The highest BCUT2D eigenvalue weighted by atomic mass is 19.2. The summed E-state index contributed by atoms with van der Waals surface area (Å²) in [7, 11) is 0. The number of nitrogens with one attached hydrogen (secondary N) is 3. The second-order valence-corrected chi connectivity index (χ2v) is 11.0. The van der Waals surface area contributed by atoms with Gasteiger partial charge >= 0.3 is 5.97 Å². The van der Waals surface area contributed by atoms with Crippen LogP contribution in [0.5, 0.6) is 0 Å². The molecule has 0 aliphatic heterocycles. The molecule has 0 fully saturated rings.